The number of methoxy groups -OCH3 is 1. The predicted molar refractivity (Wildman–Crippen MR) is 65.0 cm³/mol. The Bertz CT molecular complexity index is 583. The van der Waals surface area contributed by atoms with Crippen molar-refractivity contribution in [1.82, 2.24) is 10.3 Å². The molecule has 0 aliphatic rings. The minimum Gasteiger partial charge on any atom is -0.495 e. The largest absolute Gasteiger partial charge is 0.495 e. The standard InChI is InChI=1S/C11H10ClN3O3/c1-6-10(15-18-14-6)11(16)13-7-3-4-9(17-2)8(12)5-7/h3-5H,1-2H3,(H,13,16). The lowest BCUT2D eigenvalue weighted by molar-refractivity contribution is 0.101. The van der Waals surface area contributed by atoms with Gasteiger partial charge in [-0.05, 0) is 30.3 Å². The van der Waals surface area contributed by atoms with Gasteiger partial charge in [0.05, 0.1) is 12.1 Å². The van der Waals surface area contributed by atoms with Crippen LogP contribution in [0.15, 0.2) is 22.8 Å². The summed E-state index contributed by atoms with van der Waals surface area (Å²) >= 11 is 5.95. The molecule has 0 saturated carbocycles. The van der Waals surface area contributed by atoms with Crippen LogP contribution in [-0.2, 0) is 0 Å². The monoisotopic (exact) mass is 267 g/mol. The number of hydrogen-bond acceptors (Lipinski definition) is 5. The summed E-state index contributed by atoms with van der Waals surface area (Å²) in [6, 6.07) is 4.92. The molecule has 2 aromatic rings. The van der Waals surface area contributed by atoms with Gasteiger partial charge in [-0.3, -0.25) is 4.79 Å². The number of carbonyl (C=O) groups excluding carboxylic acids is 1. The summed E-state index contributed by atoms with van der Waals surface area (Å²) in [6.45, 7) is 1.63. The van der Waals surface area contributed by atoms with Crippen molar-refractivity contribution in [3.63, 3.8) is 0 Å². The fourth-order valence-electron chi connectivity index (χ4n) is 1.37. The van der Waals surface area contributed by atoms with Gasteiger partial charge in [0.1, 0.15) is 11.4 Å². The van der Waals surface area contributed by atoms with Crippen LogP contribution in [0.3, 0.4) is 0 Å². The Morgan fingerprint density at radius 2 is 2.22 bits per heavy atom. The molecule has 1 aromatic heterocycles. The van der Waals surface area contributed by atoms with Gasteiger partial charge in [0.2, 0.25) is 0 Å². The molecule has 1 N–H and O–H groups in total. The number of halogens is 1. The number of aryl methyl sites for hydroxylation is 1. The molecule has 0 atom stereocenters. The fourth-order valence-corrected chi connectivity index (χ4v) is 1.63. The van der Waals surface area contributed by atoms with Crippen LogP contribution in [0.25, 0.3) is 0 Å². The van der Waals surface area contributed by atoms with Crippen molar-refractivity contribution in [2.75, 3.05) is 12.4 Å². The molecule has 0 aliphatic carbocycles. The number of nitrogens with zero attached hydrogens (tertiary/aromatic N) is 2. The van der Waals surface area contributed by atoms with E-state index >= 15 is 0 Å². The fraction of sp³-hybridized carbons (Fsp3) is 0.182. The lowest BCUT2D eigenvalue weighted by Crippen LogP contribution is -2.13. The molecule has 18 heavy (non-hydrogen) atoms. The molecule has 7 heteroatoms. The third kappa shape index (κ3) is 2.43. The number of amides is 1. The zero-order chi connectivity index (χ0) is 13.1. The van der Waals surface area contributed by atoms with Crippen LogP contribution in [0.2, 0.25) is 5.02 Å². The van der Waals surface area contributed by atoms with Gasteiger partial charge in [-0.1, -0.05) is 16.8 Å². The molecule has 1 amide bonds. The molecular weight excluding hydrogens is 258 g/mol. The Kier molecular flexibility index (Phi) is 3.47. The van der Waals surface area contributed by atoms with Gasteiger partial charge in [0.15, 0.2) is 5.69 Å². The number of benzene rings is 1. The summed E-state index contributed by atoms with van der Waals surface area (Å²) in [5, 5.41) is 10.1. The molecule has 1 heterocycles. The van der Waals surface area contributed by atoms with Crippen molar-refractivity contribution in [1.29, 1.82) is 0 Å². The minimum atomic E-state index is -0.407. The summed E-state index contributed by atoms with van der Waals surface area (Å²) in [6.07, 6.45) is 0. The Morgan fingerprint density at radius 3 is 2.78 bits per heavy atom. The first-order valence-corrected chi connectivity index (χ1v) is 5.43. The number of hydrogen-bond donors (Lipinski definition) is 1. The van der Waals surface area contributed by atoms with E-state index in [9.17, 15) is 4.79 Å². The van der Waals surface area contributed by atoms with E-state index in [1.54, 1.807) is 25.1 Å². The van der Waals surface area contributed by atoms with Crippen LogP contribution in [0, 0.1) is 6.92 Å². The Hall–Kier alpha value is -2.08. The Morgan fingerprint density at radius 1 is 1.44 bits per heavy atom. The summed E-state index contributed by atoms with van der Waals surface area (Å²) in [5.41, 5.74) is 1.10. The molecule has 0 spiro atoms. The highest BCUT2D eigenvalue weighted by Gasteiger charge is 2.15. The Labute approximate surface area is 108 Å². The molecule has 1 aromatic carbocycles. The average Bonchev–Trinajstić information content (AvgIpc) is 2.76. The molecule has 0 fully saturated rings. The van der Waals surface area contributed by atoms with Crippen LogP contribution >= 0.6 is 11.6 Å². The molecular formula is C11H10ClN3O3. The van der Waals surface area contributed by atoms with Gasteiger partial charge in [0.25, 0.3) is 5.91 Å². The van der Waals surface area contributed by atoms with Gasteiger partial charge >= 0.3 is 0 Å². The first kappa shape index (κ1) is 12.4. The quantitative estimate of drug-likeness (QED) is 0.923. The van der Waals surface area contributed by atoms with Crippen LogP contribution in [-0.4, -0.2) is 23.3 Å². The zero-order valence-corrected chi connectivity index (χ0v) is 10.5. The van der Waals surface area contributed by atoms with Crippen LogP contribution in [0.1, 0.15) is 16.2 Å². The molecule has 0 saturated heterocycles. The summed E-state index contributed by atoms with van der Waals surface area (Å²) in [4.78, 5) is 11.8. The normalized spacial score (nSPS) is 10.2. The first-order chi connectivity index (χ1) is 8.61. The SMILES string of the molecule is COc1ccc(NC(=O)c2nonc2C)cc1Cl. The second kappa shape index (κ2) is 5.05. The van der Waals surface area contributed by atoms with E-state index in [1.807, 2.05) is 0 Å². The number of anilines is 1. The lowest BCUT2D eigenvalue weighted by Gasteiger charge is -2.06. The molecule has 0 radical (unpaired) electrons. The number of ether oxygens (including phenoxy) is 1. The van der Waals surface area contributed by atoms with E-state index in [0.717, 1.165) is 0 Å². The van der Waals surface area contributed by atoms with Gasteiger partial charge in [-0.2, -0.15) is 0 Å². The van der Waals surface area contributed by atoms with E-state index in [-0.39, 0.29) is 5.69 Å². The smallest absolute Gasteiger partial charge is 0.279 e. The van der Waals surface area contributed by atoms with Crippen LogP contribution in [0.4, 0.5) is 5.69 Å². The topological polar surface area (TPSA) is 77.2 Å². The highest BCUT2D eigenvalue weighted by Crippen LogP contribution is 2.27. The van der Waals surface area contributed by atoms with Gasteiger partial charge in [-0.25, -0.2) is 4.63 Å². The minimum absolute atomic E-state index is 0.141. The number of aromatic nitrogens is 2. The van der Waals surface area contributed by atoms with E-state index in [1.165, 1.54) is 7.11 Å². The maximum Gasteiger partial charge on any atom is 0.279 e. The average molecular weight is 268 g/mol. The second-order valence-corrected chi connectivity index (χ2v) is 3.91. The summed E-state index contributed by atoms with van der Waals surface area (Å²) < 4.78 is 9.47. The number of rotatable bonds is 3. The Balaban J connectivity index is 2.17. The maximum absolute atomic E-state index is 11.8. The molecule has 6 nitrogen and oxygen atoms in total. The van der Waals surface area contributed by atoms with Gasteiger partial charge < -0.3 is 10.1 Å². The molecule has 0 aliphatic heterocycles. The van der Waals surface area contributed by atoms with Crippen molar-refractivity contribution in [2.24, 2.45) is 0 Å². The van der Waals surface area contributed by atoms with Crippen molar-refractivity contribution in [3.05, 3.63) is 34.6 Å². The number of carbonyl (C=O) groups is 1. The highest BCUT2D eigenvalue weighted by molar-refractivity contribution is 6.32. The third-order valence-corrected chi connectivity index (χ3v) is 2.57. The zero-order valence-electron chi connectivity index (χ0n) is 9.73. The van der Waals surface area contributed by atoms with E-state index < -0.39 is 5.91 Å². The second-order valence-electron chi connectivity index (χ2n) is 3.50. The predicted octanol–water partition coefficient (Wildman–Crippen LogP) is 2.29. The van der Waals surface area contributed by atoms with E-state index in [2.05, 4.69) is 20.3 Å². The molecule has 0 unspecified atom stereocenters. The van der Waals surface area contributed by atoms with E-state index in [0.29, 0.717) is 22.2 Å². The molecule has 94 valence electrons. The third-order valence-electron chi connectivity index (χ3n) is 2.28. The first-order valence-electron chi connectivity index (χ1n) is 5.06. The maximum atomic E-state index is 11.8. The van der Waals surface area contributed by atoms with Crippen molar-refractivity contribution >= 4 is 23.2 Å². The summed E-state index contributed by atoms with van der Waals surface area (Å²) in [7, 11) is 1.52. The van der Waals surface area contributed by atoms with Crippen molar-refractivity contribution in [2.45, 2.75) is 6.92 Å². The van der Waals surface area contributed by atoms with E-state index in [4.69, 9.17) is 16.3 Å². The summed E-state index contributed by atoms with van der Waals surface area (Å²) in [5.74, 6) is 0.129. The number of nitrogens with one attached hydrogen (secondary N) is 1. The molecule has 0 bridgehead atoms. The lowest BCUT2D eigenvalue weighted by atomic mass is 10.2. The van der Waals surface area contributed by atoms with Gasteiger partial charge in [-0.15, -0.1) is 0 Å². The van der Waals surface area contributed by atoms with Gasteiger partial charge in [0, 0.05) is 5.69 Å². The van der Waals surface area contributed by atoms with Crippen molar-refractivity contribution in [3.8, 4) is 5.75 Å². The van der Waals surface area contributed by atoms with Crippen LogP contribution in [0.5, 0.6) is 5.75 Å². The van der Waals surface area contributed by atoms with Crippen molar-refractivity contribution < 1.29 is 14.2 Å². The highest BCUT2D eigenvalue weighted by atomic mass is 35.5. The molecule has 2 rings (SSSR count). The van der Waals surface area contributed by atoms with Crippen LogP contribution < -0.4 is 10.1 Å².